The fourth-order valence-electron chi connectivity index (χ4n) is 2.23. The van der Waals surface area contributed by atoms with E-state index in [9.17, 15) is 4.21 Å². The maximum absolute atomic E-state index is 12.7. The van der Waals surface area contributed by atoms with Gasteiger partial charge in [0.2, 0.25) is 0 Å². The first-order valence-corrected chi connectivity index (χ1v) is 8.70. The molecule has 19 heavy (non-hydrogen) atoms. The molecular formula is C14H20BrNO2S. The third-order valence-corrected chi connectivity index (χ3v) is 5.56. The molecule has 3 unspecified atom stereocenters. The van der Waals surface area contributed by atoms with Crippen LogP contribution in [0.1, 0.15) is 19.8 Å². The molecule has 1 aliphatic rings. The summed E-state index contributed by atoms with van der Waals surface area (Å²) in [6.07, 6.45) is 2.03. The van der Waals surface area contributed by atoms with Crippen molar-refractivity contribution in [2.75, 3.05) is 19.8 Å². The van der Waals surface area contributed by atoms with Crippen molar-refractivity contribution < 1.29 is 8.95 Å². The molecule has 1 N–H and O–H groups in total. The van der Waals surface area contributed by atoms with E-state index in [1.807, 2.05) is 24.3 Å². The molecule has 0 saturated carbocycles. The van der Waals surface area contributed by atoms with Crippen molar-refractivity contribution in [2.45, 2.75) is 36.0 Å². The summed E-state index contributed by atoms with van der Waals surface area (Å²) in [5.74, 6) is 0. The average molecular weight is 346 g/mol. The number of halogens is 1. The van der Waals surface area contributed by atoms with Crippen LogP contribution in [0.2, 0.25) is 0 Å². The van der Waals surface area contributed by atoms with E-state index in [0.29, 0.717) is 6.61 Å². The van der Waals surface area contributed by atoms with E-state index in [0.717, 1.165) is 35.4 Å². The van der Waals surface area contributed by atoms with Gasteiger partial charge in [0.25, 0.3) is 0 Å². The normalized spacial score (nSPS) is 25.2. The molecule has 1 fully saturated rings. The lowest BCUT2D eigenvalue weighted by Gasteiger charge is -2.31. The van der Waals surface area contributed by atoms with Crippen LogP contribution < -0.4 is 5.32 Å². The van der Waals surface area contributed by atoms with Gasteiger partial charge in [0.15, 0.2) is 0 Å². The van der Waals surface area contributed by atoms with Crippen molar-refractivity contribution in [3.05, 3.63) is 28.7 Å². The van der Waals surface area contributed by atoms with Gasteiger partial charge in [-0.25, -0.2) is 0 Å². The summed E-state index contributed by atoms with van der Waals surface area (Å²) in [5, 5.41) is 3.54. The van der Waals surface area contributed by atoms with Crippen molar-refractivity contribution in [3.8, 4) is 0 Å². The van der Waals surface area contributed by atoms with Crippen molar-refractivity contribution in [2.24, 2.45) is 0 Å². The molecule has 1 aromatic rings. The summed E-state index contributed by atoms with van der Waals surface area (Å²) in [6, 6.07) is 8.01. The molecular weight excluding hydrogens is 326 g/mol. The molecule has 1 heterocycles. The fraction of sp³-hybridized carbons (Fsp3) is 0.571. The van der Waals surface area contributed by atoms with E-state index in [1.54, 1.807) is 0 Å². The Morgan fingerprint density at radius 2 is 2.16 bits per heavy atom. The summed E-state index contributed by atoms with van der Waals surface area (Å²) >= 11 is 3.40. The highest BCUT2D eigenvalue weighted by Gasteiger charge is 2.30. The third kappa shape index (κ3) is 4.12. The maximum Gasteiger partial charge on any atom is 0.0782 e. The number of ether oxygens (including phenoxy) is 1. The first kappa shape index (κ1) is 15.2. The van der Waals surface area contributed by atoms with Crippen LogP contribution in [0.5, 0.6) is 0 Å². The quantitative estimate of drug-likeness (QED) is 0.891. The van der Waals surface area contributed by atoms with Crippen LogP contribution in [-0.2, 0) is 15.5 Å². The van der Waals surface area contributed by atoms with E-state index >= 15 is 0 Å². The molecule has 1 aliphatic heterocycles. The van der Waals surface area contributed by atoms with Gasteiger partial charge in [-0.05, 0) is 43.7 Å². The molecule has 0 radical (unpaired) electrons. The molecule has 1 aromatic carbocycles. The van der Waals surface area contributed by atoms with Crippen molar-refractivity contribution in [1.29, 1.82) is 0 Å². The largest absolute Gasteiger partial charge is 0.380 e. The molecule has 3 nitrogen and oxygen atoms in total. The molecule has 0 aliphatic carbocycles. The van der Waals surface area contributed by atoms with E-state index in [1.165, 1.54) is 0 Å². The lowest BCUT2D eigenvalue weighted by Crippen LogP contribution is -2.48. The van der Waals surface area contributed by atoms with Crippen molar-refractivity contribution >= 4 is 26.7 Å². The topological polar surface area (TPSA) is 38.3 Å². The second-order valence-corrected chi connectivity index (χ2v) is 7.30. The predicted octanol–water partition coefficient (Wildman–Crippen LogP) is 2.71. The molecule has 106 valence electrons. The zero-order valence-corrected chi connectivity index (χ0v) is 13.5. The molecule has 5 heteroatoms. The van der Waals surface area contributed by atoms with E-state index in [-0.39, 0.29) is 11.3 Å². The molecule has 3 atom stereocenters. The van der Waals surface area contributed by atoms with Gasteiger partial charge in [0.1, 0.15) is 0 Å². The smallest absolute Gasteiger partial charge is 0.0782 e. The first-order valence-electron chi connectivity index (χ1n) is 6.69. The lowest BCUT2D eigenvalue weighted by atomic mass is 10.1. The Labute approximate surface area is 125 Å². The highest BCUT2D eigenvalue weighted by atomic mass is 79.9. The van der Waals surface area contributed by atoms with Crippen molar-refractivity contribution in [3.63, 3.8) is 0 Å². The van der Waals surface area contributed by atoms with Gasteiger partial charge in [-0.3, -0.25) is 4.21 Å². The predicted molar refractivity (Wildman–Crippen MR) is 81.9 cm³/mol. The van der Waals surface area contributed by atoms with Crippen LogP contribution in [0.3, 0.4) is 0 Å². The van der Waals surface area contributed by atoms with Gasteiger partial charge in [-0.15, -0.1) is 0 Å². The van der Waals surface area contributed by atoms with Gasteiger partial charge in [-0.1, -0.05) is 22.9 Å². The number of hydrogen-bond acceptors (Lipinski definition) is 3. The van der Waals surface area contributed by atoms with Crippen LogP contribution in [0, 0.1) is 0 Å². The molecule has 2 rings (SSSR count). The minimum absolute atomic E-state index is 0.0430. The third-order valence-electron chi connectivity index (χ3n) is 3.28. The second-order valence-electron chi connectivity index (χ2n) is 4.71. The van der Waals surface area contributed by atoms with Gasteiger partial charge in [0, 0.05) is 22.0 Å². The van der Waals surface area contributed by atoms with Gasteiger partial charge < -0.3 is 10.1 Å². The van der Waals surface area contributed by atoms with Crippen molar-refractivity contribution in [1.82, 2.24) is 5.32 Å². The zero-order valence-electron chi connectivity index (χ0n) is 11.1. The van der Waals surface area contributed by atoms with Gasteiger partial charge in [0.05, 0.1) is 22.7 Å². The molecule has 0 spiro atoms. The minimum atomic E-state index is -1.02. The minimum Gasteiger partial charge on any atom is -0.380 e. The van der Waals surface area contributed by atoms with E-state index in [2.05, 4.69) is 28.2 Å². The Morgan fingerprint density at radius 1 is 1.42 bits per heavy atom. The van der Waals surface area contributed by atoms with Crippen LogP contribution in [0.15, 0.2) is 33.6 Å². The average Bonchev–Trinajstić information content (AvgIpc) is 2.45. The Hall–Kier alpha value is -0.230. The zero-order chi connectivity index (χ0) is 13.7. The number of nitrogens with one attached hydrogen (secondary N) is 1. The van der Waals surface area contributed by atoms with E-state index < -0.39 is 10.8 Å². The summed E-state index contributed by atoms with van der Waals surface area (Å²) in [5.41, 5.74) is 0. The first-order chi connectivity index (χ1) is 9.22. The number of hydrogen-bond donors (Lipinski definition) is 1. The highest BCUT2D eigenvalue weighted by molar-refractivity contribution is 9.10. The Bertz CT molecular complexity index is 424. The van der Waals surface area contributed by atoms with Gasteiger partial charge >= 0.3 is 0 Å². The summed E-state index contributed by atoms with van der Waals surface area (Å²) < 4.78 is 19.2. The molecule has 0 aromatic heterocycles. The van der Waals surface area contributed by atoms with Crippen LogP contribution >= 0.6 is 15.9 Å². The lowest BCUT2D eigenvalue weighted by molar-refractivity contribution is 0.0820. The maximum atomic E-state index is 12.7. The van der Waals surface area contributed by atoms with Crippen LogP contribution in [0.25, 0.3) is 0 Å². The molecule has 0 bridgehead atoms. The SMILES string of the molecule is CCCNC1CCOCC1S(=O)c1ccc(Br)cc1. The summed E-state index contributed by atoms with van der Waals surface area (Å²) in [6.45, 7) is 4.45. The summed E-state index contributed by atoms with van der Waals surface area (Å²) in [7, 11) is -1.02. The Morgan fingerprint density at radius 3 is 2.84 bits per heavy atom. The summed E-state index contributed by atoms with van der Waals surface area (Å²) in [4.78, 5) is 0.877. The van der Waals surface area contributed by atoms with E-state index in [4.69, 9.17) is 4.74 Å². The second kappa shape index (κ2) is 7.53. The van der Waals surface area contributed by atoms with Crippen LogP contribution in [-0.4, -0.2) is 35.3 Å². The molecule has 1 saturated heterocycles. The number of benzene rings is 1. The van der Waals surface area contributed by atoms with Crippen LogP contribution in [0.4, 0.5) is 0 Å². The monoisotopic (exact) mass is 345 g/mol. The Balaban J connectivity index is 2.08. The molecule has 0 amide bonds. The van der Waals surface area contributed by atoms with Gasteiger partial charge in [-0.2, -0.15) is 0 Å². The Kier molecular flexibility index (Phi) is 6.01. The fourth-order valence-corrected chi connectivity index (χ4v) is 4.00. The number of rotatable bonds is 5. The highest BCUT2D eigenvalue weighted by Crippen LogP contribution is 2.21. The standard InChI is InChI=1S/C14H20BrNO2S/c1-2-8-16-13-7-9-18-10-14(13)19(17)12-5-3-11(15)4-6-12/h3-6,13-14,16H,2,7-10H2,1H3.